The van der Waals surface area contributed by atoms with Gasteiger partial charge in [0.15, 0.2) is 14.2 Å². The summed E-state index contributed by atoms with van der Waals surface area (Å²) in [6.45, 7) is 0. The summed E-state index contributed by atoms with van der Waals surface area (Å²) >= 11 is 12.9. The number of hydrogen-bond donors (Lipinski definition) is 1. The van der Waals surface area contributed by atoms with E-state index in [4.69, 9.17) is 28.3 Å². The van der Waals surface area contributed by atoms with E-state index in [1.165, 1.54) is 12.1 Å². The minimum atomic E-state index is -3.33. The first-order valence-corrected chi connectivity index (χ1v) is 10.2. The topological polar surface area (TPSA) is 71.4 Å². The van der Waals surface area contributed by atoms with Gasteiger partial charge in [-0.15, -0.1) is 0 Å². The van der Waals surface area contributed by atoms with Crippen LogP contribution in [0.4, 0.5) is 0 Å². The van der Waals surface area contributed by atoms with E-state index in [1.807, 2.05) is 30.3 Å². The quantitative estimate of drug-likeness (QED) is 0.607. The maximum atomic E-state index is 11.6. The molecule has 0 bridgehead atoms. The minimum absolute atomic E-state index is 0.179. The Hall–Kier alpha value is -2.08. The molecule has 0 atom stereocenters. The molecule has 2 aromatic rings. The van der Waals surface area contributed by atoms with Crippen LogP contribution in [0.15, 0.2) is 71.1 Å². The van der Waals surface area contributed by atoms with Crippen LogP contribution >= 0.6 is 23.2 Å². The average Bonchev–Trinajstić information content (AvgIpc) is 2.57. The molecule has 0 fully saturated rings. The Balaban J connectivity index is 2.22. The van der Waals surface area contributed by atoms with E-state index in [1.54, 1.807) is 12.1 Å². The number of rotatable bonds is 4. The van der Waals surface area contributed by atoms with Crippen molar-refractivity contribution in [3.8, 4) is 0 Å². The van der Waals surface area contributed by atoms with Gasteiger partial charge in [-0.05, 0) is 28.8 Å². The first-order valence-electron chi connectivity index (χ1n) is 7.56. The second-order valence-corrected chi connectivity index (χ2v) is 9.23. The zero-order valence-electron chi connectivity index (χ0n) is 13.6. The van der Waals surface area contributed by atoms with Gasteiger partial charge in [0.25, 0.3) is 0 Å². The van der Waals surface area contributed by atoms with Crippen molar-refractivity contribution in [2.75, 3.05) is 6.26 Å². The van der Waals surface area contributed by atoms with Crippen molar-refractivity contribution in [2.24, 2.45) is 0 Å². The van der Waals surface area contributed by atoms with Crippen LogP contribution in [-0.2, 0) is 14.6 Å². The lowest BCUT2D eigenvalue weighted by molar-refractivity contribution is -0.131. The fraction of sp³-hybridized carbons (Fsp3) is 0.105. The van der Waals surface area contributed by atoms with Crippen molar-refractivity contribution in [1.82, 2.24) is 0 Å². The Morgan fingerprint density at radius 3 is 2.08 bits per heavy atom. The summed E-state index contributed by atoms with van der Waals surface area (Å²) in [4.78, 5) is 11.4. The summed E-state index contributed by atoms with van der Waals surface area (Å²) in [5, 5.41) is 9.15. The second kappa shape index (κ2) is 6.58. The van der Waals surface area contributed by atoms with E-state index in [9.17, 15) is 13.2 Å². The Morgan fingerprint density at radius 1 is 1.00 bits per heavy atom. The van der Waals surface area contributed by atoms with Crippen LogP contribution in [-0.4, -0.2) is 30.1 Å². The summed E-state index contributed by atoms with van der Waals surface area (Å²) in [5.41, 5.74) is 2.87. The number of hydrogen-bond acceptors (Lipinski definition) is 3. The van der Waals surface area contributed by atoms with Gasteiger partial charge in [-0.3, -0.25) is 0 Å². The average molecular weight is 409 g/mol. The van der Waals surface area contributed by atoms with E-state index in [-0.39, 0.29) is 4.90 Å². The summed E-state index contributed by atoms with van der Waals surface area (Å²) in [7, 11) is -3.33. The fourth-order valence-corrected chi connectivity index (χ4v) is 4.24. The molecule has 0 aromatic heterocycles. The van der Waals surface area contributed by atoms with Gasteiger partial charge in [0, 0.05) is 23.5 Å². The second-order valence-electron chi connectivity index (χ2n) is 5.88. The van der Waals surface area contributed by atoms with Crippen molar-refractivity contribution in [3.63, 3.8) is 0 Å². The van der Waals surface area contributed by atoms with Crippen molar-refractivity contribution in [1.29, 1.82) is 0 Å². The van der Waals surface area contributed by atoms with E-state index in [0.717, 1.165) is 17.9 Å². The zero-order valence-corrected chi connectivity index (χ0v) is 15.9. The largest absolute Gasteiger partial charge is 0.478 e. The first-order chi connectivity index (χ1) is 12.1. The normalized spacial score (nSPS) is 17.9. The molecular weight excluding hydrogens is 395 g/mol. The molecule has 4 nitrogen and oxygen atoms in total. The molecule has 0 amide bonds. The van der Waals surface area contributed by atoms with E-state index in [2.05, 4.69) is 0 Å². The first kappa shape index (κ1) is 18.7. The molecule has 0 heterocycles. The third-order valence-corrected chi connectivity index (χ3v) is 5.99. The molecule has 1 aliphatic carbocycles. The summed E-state index contributed by atoms with van der Waals surface area (Å²) < 4.78 is 21.8. The van der Waals surface area contributed by atoms with Crippen molar-refractivity contribution in [3.05, 3.63) is 77.4 Å². The van der Waals surface area contributed by atoms with Crippen molar-refractivity contribution >= 4 is 50.2 Å². The third-order valence-electron chi connectivity index (χ3n) is 4.07. The molecule has 1 N–H and O–H groups in total. The van der Waals surface area contributed by atoms with Crippen LogP contribution in [0.25, 0.3) is 11.1 Å². The molecule has 3 rings (SSSR count). The van der Waals surface area contributed by atoms with Crippen LogP contribution in [0, 0.1) is 0 Å². The number of alkyl halides is 2. The smallest absolute Gasteiger partial charge is 0.328 e. The predicted octanol–water partition coefficient (Wildman–Crippen LogP) is 4.20. The third kappa shape index (κ3) is 3.30. The zero-order chi connectivity index (χ0) is 19.1. The fourth-order valence-electron chi connectivity index (χ4n) is 2.91. The highest BCUT2D eigenvalue weighted by atomic mass is 35.5. The molecule has 134 valence electrons. The Morgan fingerprint density at radius 2 is 1.58 bits per heavy atom. The Kier molecular flexibility index (Phi) is 4.73. The Labute approximate surface area is 161 Å². The molecule has 26 heavy (non-hydrogen) atoms. The monoisotopic (exact) mass is 408 g/mol. The van der Waals surface area contributed by atoms with E-state index >= 15 is 0 Å². The molecule has 0 aliphatic heterocycles. The summed E-state index contributed by atoms with van der Waals surface area (Å²) in [5.74, 6) is -1.15. The van der Waals surface area contributed by atoms with Crippen LogP contribution in [0.2, 0.25) is 0 Å². The lowest BCUT2D eigenvalue weighted by Gasteiger charge is -2.40. The molecule has 0 unspecified atom stereocenters. The maximum Gasteiger partial charge on any atom is 0.328 e. The number of allylic oxidation sites excluding steroid dienone is 3. The number of aliphatic carboxylic acids is 1. The lowest BCUT2D eigenvalue weighted by Crippen LogP contribution is -2.31. The van der Waals surface area contributed by atoms with Gasteiger partial charge in [0.2, 0.25) is 0 Å². The number of halogens is 2. The van der Waals surface area contributed by atoms with Gasteiger partial charge in [-0.2, -0.15) is 0 Å². The van der Waals surface area contributed by atoms with E-state index < -0.39 is 20.1 Å². The molecule has 0 saturated heterocycles. The molecule has 7 heteroatoms. The molecule has 0 spiro atoms. The number of sulfone groups is 1. The number of carbonyl (C=O) groups is 1. The highest BCUT2D eigenvalue weighted by molar-refractivity contribution is 7.90. The van der Waals surface area contributed by atoms with Gasteiger partial charge in [0.1, 0.15) is 0 Å². The minimum Gasteiger partial charge on any atom is -0.478 e. The number of benzene rings is 2. The molecular formula is C19H14Cl2O4S. The van der Waals surface area contributed by atoms with Crippen LogP contribution in [0.5, 0.6) is 0 Å². The standard InChI is InChI=1S/C19H14Cl2O4S/c1-26(24,25)14-9-7-13(8-10-14)18-17(12-5-3-2-4-6-12)15(11-16(22)23)19(18,20)21/h2-11H,1H3,(H,22,23)/b15-11-. The Bertz CT molecular complexity index is 1030. The van der Waals surface area contributed by atoms with Crippen LogP contribution in [0.1, 0.15) is 11.1 Å². The van der Waals surface area contributed by atoms with Crippen LogP contribution < -0.4 is 0 Å². The number of carboxylic acid groups (broad SMARTS) is 1. The highest BCUT2D eigenvalue weighted by Crippen LogP contribution is 2.60. The highest BCUT2D eigenvalue weighted by Gasteiger charge is 2.48. The number of carboxylic acids is 1. The van der Waals surface area contributed by atoms with Gasteiger partial charge in [-0.1, -0.05) is 65.7 Å². The molecule has 1 aliphatic rings. The van der Waals surface area contributed by atoms with Crippen LogP contribution in [0.3, 0.4) is 0 Å². The van der Waals surface area contributed by atoms with Gasteiger partial charge in [0.05, 0.1) is 4.90 Å². The molecule has 0 saturated carbocycles. The SMILES string of the molecule is CS(=O)(=O)c1ccc(C2=C(c3ccccc3)/C(=C/C(=O)O)C2(Cl)Cl)cc1. The predicted molar refractivity (Wildman–Crippen MR) is 103 cm³/mol. The maximum absolute atomic E-state index is 11.6. The van der Waals surface area contributed by atoms with Crippen molar-refractivity contribution < 1.29 is 18.3 Å². The van der Waals surface area contributed by atoms with E-state index in [0.29, 0.717) is 22.3 Å². The van der Waals surface area contributed by atoms with Gasteiger partial charge < -0.3 is 5.11 Å². The van der Waals surface area contributed by atoms with Gasteiger partial charge >= 0.3 is 5.97 Å². The van der Waals surface area contributed by atoms with Crippen molar-refractivity contribution in [2.45, 2.75) is 9.23 Å². The molecule has 0 radical (unpaired) electrons. The van der Waals surface area contributed by atoms with Gasteiger partial charge in [-0.25, -0.2) is 13.2 Å². The summed E-state index contributed by atoms with van der Waals surface area (Å²) in [6, 6.07) is 15.3. The lowest BCUT2D eigenvalue weighted by atomic mass is 9.74. The molecule has 2 aromatic carbocycles. The summed E-state index contributed by atoms with van der Waals surface area (Å²) in [6.07, 6.45) is 2.12.